The molecule has 0 radical (unpaired) electrons. The van der Waals surface area contributed by atoms with Gasteiger partial charge in [-0.2, -0.15) is 0 Å². The van der Waals surface area contributed by atoms with Crippen LogP contribution in [0.4, 0.5) is 5.69 Å². The lowest BCUT2D eigenvalue weighted by Gasteiger charge is -2.07. The van der Waals surface area contributed by atoms with Crippen molar-refractivity contribution in [3.8, 4) is 11.5 Å². The van der Waals surface area contributed by atoms with E-state index in [9.17, 15) is 4.79 Å². The van der Waals surface area contributed by atoms with Gasteiger partial charge in [0.25, 0.3) is 5.91 Å². The molecule has 25 heavy (non-hydrogen) atoms. The van der Waals surface area contributed by atoms with Crippen molar-refractivity contribution in [1.29, 1.82) is 0 Å². The Balaban J connectivity index is 1.82. The average molecular weight is 360 g/mol. The Labute approximate surface area is 151 Å². The van der Waals surface area contributed by atoms with Gasteiger partial charge in [-0.25, -0.2) is 0 Å². The number of benzene rings is 2. The lowest BCUT2D eigenvalue weighted by molar-refractivity contribution is -0.120. The minimum atomic E-state index is -0.277. The van der Waals surface area contributed by atoms with Gasteiger partial charge in [0.2, 0.25) is 0 Å². The summed E-state index contributed by atoms with van der Waals surface area (Å²) >= 11 is 1.64. The molecule has 0 aromatic heterocycles. The molecule has 0 fully saturated rings. The normalized spacial score (nSPS) is 10.5. The second kappa shape index (κ2) is 9.58. The highest BCUT2D eigenvalue weighted by Crippen LogP contribution is 2.26. The molecule has 1 N–H and O–H groups in total. The number of oxime groups is 1. The van der Waals surface area contributed by atoms with Crippen molar-refractivity contribution in [2.24, 2.45) is 5.16 Å². The van der Waals surface area contributed by atoms with Crippen molar-refractivity contribution >= 4 is 29.6 Å². The number of thioether (sulfide) groups is 1. The van der Waals surface area contributed by atoms with Gasteiger partial charge in [0.15, 0.2) is 18.1 Å². The Morgan fingerprint density at radius 2 is 1.84 bits per heavy atom. The minimum Gasteiger partial charge on any atom is -0.493 e. The topological polar surface area (TPSA) is 69.2 Å². The SMILES string of the molecule is COc1ccc(/C=N/OCC(=O)Nc2ccc(SC)cc2)cc1OC. The Kier molecular flexibility index (Phi) is 7.16. The number of carbonyl (C=O) groups excluding carboxylic acids is 1. The molecule has 132 valence electrons. The van der Waals surface area contributed by atoms with Gasteiger partial charge < -0.3 is 19.6 Å². The van der Waals surface area contributed by atoms with Crippen molar-refractivity contribution in [3.63, 3.8) is 0 Å². The van der Waals surface area contributed by atoms with E-state index in [0.717, 1.165) is 16.1 Å². The third-order valence-corrected chi connectivity index (χ3v) is 4.00. The molecule has 0 atom stereocenters. The quantitative estimate of drug-likeness (QED) is 0.444. The molecule has 2 aromatic rings. The number of methoxy groups -OCH3 is 2. The van der Waals surface area contributed by atoms with E-state index in [4.69, 9.17) is 14.3 Å². The van der Waals surface area contributed by atoms with Gasteiger partial charge in [-0.1, -0.05) is 5.16 Å². The number of hydrogen-bond acceptors (Lipinski definition) is 6. The van der Waals surface area contributed by atoms with Crippen LogP contribution in [0, 0.1) is 0 Å². The molecule has 0 aliphatic heterocycles. The van der Waals surface area contributed by atoms with Gasteiger partial charge in [-0.05, 0) is 48.7 Å². The Bertz CT molecular complexity index is 732. The second-order valence-corrected chi connectivity index (χ2v) is 5.78. The third kappa shape index (κ3) is 5.72. The predicted octanol–water partition coefficient (Wildman–Crippen LogP) is 3.41. The highest BCUT2D eigenvalue weighted by Gasteiger charge is 2.04. The molecule has 0 bridgehead atoms. The number of hydrogen-bond donors (Lipinski definition) is 1. The number of amides is 1. The number of carbonyl (C=O) groups is 1. The van der Waals surface area contributed by atoms with Crippen LogP contribution in [0.5, 0.6) is 11.5 Å². The number of ether oxygens (including phenoxy) is 2. The molecule has 0 unspecified atom stereocenters. The zero-order valence-electron chi connectivity index (χ0n) is 14.3. The average Bonchev–Trinajstić information content (AvgIpc) is 2.65. The van der Waals surface area contributed by atoms with Gasteiger partial charge in [0.05, 0.1) is 20.4 Å². The maximum atomic E-state index is 11.8. The van der Waals surface area contributed by atoms with E-state index < -0.39 is 0 Å². The van der Waals surface area contributed by atoms with Crippen molar-refractivity contribution in [3.05, 3.63) is 48.0 Å². The summed E-state index contributed by atoms with van der Waals surface area (Å²) < 4.78 is 10.4. The van der Waals surface area contributed by atoms with Crippen LogP contribution in [0.2, 0.25) is 0 Å². The van der Waals surface area contributed by atoms with Crippen LogP contribution in [0.3, 0.4) is 0 Å². The Morgan fingerprint density at radius 1 is 1.12 bits per heavy atom. The number of nitrogens with zero attached hydrogens (tertiary/aromatic N) is 1. The molecular formula is C18H20N2O4S. The summed E-state index contributed by atoms with van der Waals surface area (Å²) in [6.07, 6.45) is 3.50. The maximum absolute atomic E-state index is 11.8. The highest BCUT2D eigenvalue weighted by molar-refractivity contribution is 7.98. The first-order valence-electron chi connectivity index (χ1n) is 7.47. The van der Waals surface area contributed by atoms with Crippen molar-refractivity contribution in [2.45, 2.75) is 4.90 Å². The molecule has 1 amide bonds. The van der Waals surface area contributed by atoms with E-state index in [1.807, 2.05) is 36.6 Å². The summed E-state index contributed by atoms with van der Waals surface area (Å²) in [4.78, 5) is 18.0. The van der Waals surface area contributed by atoms with E-state index >= 15 is 0 Å². The largest absolute Gasteiger partial charge is 0.493 e. The molecule has 0 aliphatic carbocycles. The summed E-state index contributed by atoms with van der Waals surface area (Å²) in [5.41, 5.74) is 1.49. The standard InChI is InChI=1S/C18H20N2O4S/c1-22-16-9-4-13(10-17(16)23-2)11-19-24-12-18(21)20-14-5-7-15(25-3)8-6-14/h4-11H,12H2,1-3H3,(H,20,21)/b19-11+. The van der Waals surface area contributed by atoms with Crippen LogP contribution in [0.15, 0.2) is 52.5 Å². The van der Waals surface area contributed by atoms with E-state index in [-0.39, 0.29) is 12.5 Å². The van der Waals surface area contributed by atoms with Gasteiger partial charge in [0.1, 0.15) is 0 Å². The zero-order chi connectivity index (χ0) is 18.1. The molecule has 0 spiro atoms. The molecule has 0 heterocycles. The Hall–Kier alpha value is -2.67. The predicted molar refractivity (Wildman–Crippen MR) is 99.9 cm³/mol. The van der Waals surface area contributed by atoms with Gasteiger partial charge in [0, 0.05) is 16.1 Å². The molecular weight excluding hydrogens is 340 g/mol. The van der Waals surface area contributed by atoms with Crippen molar-refractivity contribution in [1.82, 2.24) is 0 Å². The van der Waals surface area contributed by atoms with Gasteiger partial charge in [-0.3, -0.25) is 4.79 Å². The van der Waals surface area contributed by atoms with E-state index in [1.165, 1.54) is 6.21 Å². The fourth-order valence-electron chi connectivity index (χ4n) is 2.00. The molecule has 6 nitrogen and oxygen atoms in total. The van der Waals surface area contributed by atoms with Gasteiger partial charge >= 0.3 is 0 Å². The lowest BCUT2D eigenvalue weighted by atomic mass is 10.2. The monoisotopic (exact) mass is 360 g/mol. The smallest absolute Gasteiger partial charge is 0.265 e. The zero-order valence-corrected chi connectivity index (χ0v) is 15.1. The highest BCUT2D eigenvalue weighted by atomic mass is 32.2. The number of nitrogens with one attached hydrogen (secondary N) is 1. The van der Waals surface area contributed by atoms with E-state index in [1.54, 1.807) is 38.1 Å². The maximum Gasteiger partial charge on any atom is 0.265 e. The first-order valence-corrected chi connectivity index (χ1v) is 8.70. The van der Waals surface area contributed by atoms with Crippen molar-refractivity contribution < 1.29 is 19.1 Å². The van der Waals surface area contributed by atoms with Crippen LogP contribution in [0.25, 0.3) is 0 Å². The van der Waals surface area contributed by atoms with Gasteiger partial charge in [-0.15, -0.1) is 11.8 Å². The molecule has 0 aliphatic rings. The molecule has 0 saturated heterocycles. The third-order valence-electron chi connectivity index (χ3n) is 3.25. The molecule has 7 heteroatoms. The first-order chi connectivity index (χ1) is 12.2. The summed E-state index contributed by atoms with van der Waals surface area (Å²) in [5, 5.41) is 6.54. The van der Waals surface area contributed by atoms with Crippen LogP contribution in [0.1, 0.15) is 5.56 Å². The lowest BCUT2D eigenvalue weighted by Crippen LogP contribution is -2.16. The fraction of sp³-hybridized carbons (Fsp3) is 0.222. The van der Waals surface area contributed by atoms with Crippen LogP contribution < -0.4 is 14.8 Å². The second-order valence-electron chi connectivity index (χ2n) is 4.90. The van der Waals surface area contributed by atoms with E-state index in [2.05, 4.69) is 10.5 Å². The minimum absolute atomic E-state index is 0.173. The van der Waals surface area contributed by atoms with Crippen LogP contribution >= 0.6 is 11.8 Å². The summed E-state index contributed by atoms with van der Waals surface area (Å²) in [6.45, 7) is -0.173. The van der Waals surface area contributed by atoms with Crippen molar-refractivity contribution in [2.75, 3.05) is 32.4 Å². The molecule has 0 saturated carbocycles. The number of anilines is 1. The van der Waals surface area contributed by atoms with Crippen LogP contribution in [-0.2, 0) is 9.63 Å². The van der Waals surface area contributed by atoms with Crippen LogP contribution in [-0.4, -0.2) is 39.2 Å². The summed E-state index contributed by atoms with van der Waals surface area (Å²) in [6, 6.07) is 12.9. The molecule has 2 rings (SSSR count). The summed E-state index contributed by atoms with van der Waals surface area (Å²) in [7, 11) is 3.13. The summed E-state index contributed by atoms with van der Waals surface area (Å²) in [5.74, 6) is 0.951. The first kappa shape index (κ1) is 18.7. The fourth-order valence-corrected chi connectivity index (χ4v) is 2.41. The molecule has 2 aromatic carbocycles. The van der Waals surface area contributed by atoms with E-state index in [0.29, 0.717) is 11.5 Å². The number of rotatable bonds is 8. The Morgan fingerprint density at radius 3 is 2.48 bits per heavy atom.